The number of benzene rings is 3. The van der Waals surface area contributed by atoms with Crippen molar-refractivity contribution in [2.45, 2.75) is 31.7 Å². The zero-order chi connectivity index (χ0) is 28.2. The van der Waals surface area contributed by atoms with Gasteiger partial charge in [0.05, 0.1) is 42.2 Å². The number of aromatic nitrogens is 2. The normalized spacial score (nSPS) is 14.1. The quantitative estimate of drug-likeness (QED) is 0.267. The molecule has 0 aliphatic heterocycles. The van der Waals surface area contributed by atoms with Gasteiger partial charge in [-0.2, -0.15) is 0 Å². The van der Waals surface area contributed by atoms with E-state index in [2.05, 4.69) is 10.3 Å². The monoisotopic (exact) mass is 561 g/mol. The number of ether oxygens (including phenoxy) is 2. The topological polar surface area (TPSA) is 146 Å². The first-order valence-electron chi connectivity index (χ1n) is 12.7. The van der Waals surface area contributed by atoms with E-state index in [9.17, 15) is 13.6 Å². The maximum atomic E-state index is 12.8. The third-order valence-corrected chi connectivity index (χ3v) is 7.46. The lowest BCUT2D eigenvalue weighted by atomic mass is 10.1. The highest BCUT2D eigenvalue weighted by Crippen LogP contribution is 2.37. The molecule has 1 aromatic heterocycles. The molecule has 5 rings (SSSR count). The third-order valence-electron chi connectivity index (χ3n) is 6.78. The van der Waals surface area contributed by atoms with Gasteiger partial charge >= 0.3 is 6.03 Å². The number of anilines is 5. The van der Waals surface area contributed by atoms with Gasteiger partial charge in [0.25, 0.3) is 0 Å². The molecule has 3 N–H and O–H groups in total. The van der Waals surface area contributed by atoms with Crippen LogP contribution in [0.2, 0.25) is 0 Å². The van der Waals surface area contributed by atoms with Crippen molar-refractivity contribution >= 4 is 57.0 Å². The van der Waals surface area contributed by atoms with Crippen LogP contribution >= 0.6 is 0 Å². The van der Waals surface area contributed by atoms with Crippen LogP contribution in [0.3, 0.4) is 0 Å². The van der Waals surface area contributed by atoms with Gasteiger partial charge in [-0.3, -0.25) is 13.4 Å². The molecule has 2 amide bonds. The SMILES string of the molecule is COc1cc(Nc2nc3ccccc3nc2N(c2cccc(N(C(N)=O)C3CCCC3)c2)S(=O)[O-])cc(OC)c1. The van der Waals surface area contributed by atoms with Gasteiger partial charge in [-0.1, -0.05) is 31.0 Å². The lowest BCUT2D eigenvalue weighted by molar-refractivity contribution is 0.251. The molecule has 3 aromatic carbocycles. The number of carbonyl (C=O) groups excluding carboxylic acids is 1. The highest BCUT2D eigenvalue weighted by atomic mass is 32.2. The van der Waals surface area contributed by atoms with Gasteiger partial charge in [-0.25, -0.2) is 14.8 Å². The minimum absolute atomic E-state index is 0.0393. The molecule has 0 bridgehead atoms. The molecule has 12 heteroatoms. The molecule has 11 nitrogen and oxygen atoms in total. The second-order valence-electron chi connectivity index (χ2n) is 9.29. The molecule has 1 unspecified atom stereocenters. The Balaban J connectivity index is 1.63. The van der Waals surface area contributed by atoms with Crippen LogP contribution in [0.15, 0.2) is 66.7 Å². The molecule has 4 aromatic rings. The first-order chi connectivity index (χ1) is 19.4. The van der Waals surface area contributed by atoms with E-state index >= 15 is 0 Å². The number of hydrogen-bond donors (Lipinski definition) is 2. The van der Waals surface area contributed by atoms with Gasteiger partial charge < -0.3 is 25.1 Å². The summed E-state index contributed by atoms with van der Waals surface area (Å²) in [4.78, 5) is 23.4. The second-order valence-corrected chi connectivity index (χ2v) is 10.1. The zero-order valence-electron chi connectivity index (χ0n) is 22.1. The predicted molar refractivity (Wildman–Crippen MR) is 154 cm³/mol. The van der Waals surface area contributed by atoms with Crippen LogP contribution in [0, 0.1) is 0 Å². The van der Waals surface area contributed by atoms with E-state index in [-0.39, 0.29) is 23.4 Å². The van der Waals surface area contributed by atoms with Crippen molar-refractivity contribution in [3.63, 3.8) is 0 Å². The minimum Gasteiger partial charge on any atom is -0.755 e. The van der Waals surface area contributed by atoms with Gasteiger partial charge in [-0.15, -0.1) is 0 Å². The number of carbonyl (C=O) groups is 1. The summed E-state index contributed by atoms with van der Waals surface area (Å²) < 4.78 is 37.4. The van der Waals surface area contributed by atoms with Crippen molar-refractivity contribution in [3.05, 3.63) is 66.7 Å². The number of primary amides is 1. The van der Waals surface area contributed by atoms with Gasteiger partial charge in [-0.05, 0) is 43.2 Å². The minimum atomic E-state index is -2.81. The smallest absolute Gasteiger partial charge is 0.319 e. The van der Waals surface area contributed by atoms with E-state index in [0.717, 1.165) is 30.0 Å². The van der Waals surface area contributed by atoms with Crippen LogP contribution < -0.4 is 29.7 Å². The highest BCUT2D eigenvalue weighted by Gasteiger charge is 2.28. The Morgan fingerprint density at radius 1 is 0.950 bits per heavy atom. The Bertz CT molecular complexity index is 1540. The number of para-hydroxylation sites is 2. The summed E-state index contributed by atoms with van der Waals surface area (Å²) in [5.74, 6) is 1.30. The molecule has 40 heavy (non-hydrogen) atoms. The number of amides is 2. The summed E-state index contributed by atoms with van der Waals surface area (Å²) in [5.41, 5.74) is 8.16. The predicted octanol–water partition coefficient (Wildman–Crippen LogP) is 5.15. The summed E-state index contributed by atoms with van der Waals surface area (Å²) in [6.45, 7) is 0. The van der Waals surface area contributed by atoms with E-state index in [4.69, 9.17) is 20.2 Å². The standard InChI is InChI=1S/C28H30N6O5S/c1-38-22-14-18(15-23(17-22)39-2)30-26-27(32-25-13-6-5-12-24(25)31-26)34(40(36)37)21-11-7-10-20(16-21)33(28(29)35)19-8-3-4-9-19/h5-7,10-17,19H,3-4,8-9H2,1-2H3,(H2,29,35)(H,30,31)(H,36,37)/p-1. The van der Waals surface area contributed by atoms with Crippen molar-refractivity contribution < 1.29 is 23.0 Å². The second kappa shape index (κ2) is 11.8. The van der Waals surface area contributed by atoms with Crippen molar-refractivity contribution in [1.82, 2.24) is 9.97 Å². The molecule has 0 spiro atoms. The number of methoxy groups -OCH3 is 2. The van der Waals surface area contributed by atoms with Gasteiger partial charge in [0.15, 0.2) is 11.6 Å². The third kappa shape index (κ3) is 5.63. The Kier molecular flexibility index (Phi) is 7.99. The van der Waals surface area contributed by atoms with Crippen LogP contribution in [0.5, 0.6) is 11.5 Å². The summed E-state index contributed by atoms with van der Waals surface area (Å²) >= 11 is -2.81. The van der Waals surface area contributed by atoms with Crippen LogP contribution in [0.1, 0.15) is 25.7 Å². The lowest BCUT2D eigenvalue weighted by Crippen LogP contribution is -2.42. The number of rotatable bonds is 9. The molecule has 1 atom stereocenters. The van der Waals surface area contributed by atoms with Gasteiger partial charge in [0.2, 0.25) is 0 Å². The Labute approximate surface area is 234 Å². The average molecular weight is 562 g/mol. The maximum Gasteiger partial charge on any atom is 0.319 e. The molecule has 1 aliphatic rings. The highest BCUT2D eigenvalue weighted by molar-refractivity contribution is 7.81. The fourth-order valence-corrected chi connectivity index (χ4v) is 5.52. The summed E-state index contributed by atoms with van der Waals surface area (Å²) in [6.07, 6.45) is 3.67. The first kappa shape index (κ1) is 27.2. The summed E-state index contributed by atoms with van der Waals surface area (Å²) in [5, 5.41) is 3.19. The molecular weight excluding hydrogens is 532 g/mol. The molecule has 1 saturated carbocycles. The molecule has 1 heterocycles. The van der Waals surface area contributed by atoms with E-state index in [1.54, 1.807) is 60.7 Å². The average Bonchev–Trinajstić information content (AvgIpc) is 3.47. The Morgan fingerprint density at radius 2 is 1.57 bits per heavy atom. The Morgan fingerprint density at radius 3 is 2.17 bits per heavy atom. The molecule has 208 valence electrons. The molecular formula is C28H29N6O5S-. The largest absolute Gasteiger partial charge is 0.755 e. The first-order valence-corrected chi connectivity index (χ1v) is 13.8. The zero-order valence-corrected chi connectivity index (χ0v) is 22.9. The van der Waals surface area contributed by atoms with Crippen LogP contribution in [0.4, 0.5) is 33.5 Å². The molecule has 1 fully saturated rings. The number of fused-ring (bicyclic) bond motifs is 1. The number of nitrogens with zero attached hydrogens (tertiary/aromatic N) is 4. The van der Waals surface area contributed by atoms with E-state index in [0.29, 0.717) is 33.9 Å². The lowest BCUT2D eigenvalue weighted by Gasteiger charge is -2.30. The van der Waals surface area contributed by atoms with E-state index in [1.807, 2.05) is 6.07 Å². The summed E-state index contributed by atoms with van der Waals surface area (Å²) in [6, 6.07) is 18.4. The van der Waals surface area contributed by atoms with Gasteiger partial charge in [0.1, 0.15) is 11.5 Å². The van der Waals surface area contributed by atoms with Crippen LogP contribution in [0.25, 0.3) is 11.0 Å². The van der Waals surface area contributed by atoms with Crippen molar-refractivity contribution in [2.24, 2.45) is 5.73 Å². The van der Waals surface area contributed by atoms with E-state index in [1.165, 1.54) is 19.1 Å². The fourth-order valence-electron chi connectivity index (χ4n) is 4.96. The fraction of sp³-hybridized carbons (Fsp3) is 0.250. The molecule has 0 saturated heterocycles. The number of urea groups is 1. The van der Waals surface area contributed by atoms with Crippen LogP contribution in [-0.4, -0.2) is 45.0 Å². The van der Waals surface area contributed by atoms with Crippen molar-refractivity contribution in [3.8, 4) is 11.5 Å². The number of nitrogens with one attached hydrogen (secondary N) is 1. The van der Waals surface area contributed by atoms with E-state index < -0.39 is 17.3 Å². The van der Waals surface area contributed by atoms with Gasteiger partial charge in [0, 0.05) is 35.6 Å². The molecule has 1 aliphatic carbocycles. The van der Waals surface area contributed by atoms with Crippen molar-refractivity contribution in [1.29, 1.82) is 0 Å². The Hall–Kier alpha value is -4.42. The number of nitrogens with two attached hydrogens (primary N) is 1. The van der Waals surface area contributed by atoms with Crippen LogP contribution in [-0.2, 0) is 11.3 Å². The summed E-state index contributed by atoms with van der Waals surface area (Å²) in [7, 11) is 3.08. The molecule has 0 radical (unpaired) electrons. The number of hydrogen-bond acceptors (Lipinski definition) is 8. The van der Waals surface area contributed by atoms with Crippen molar-refractivity contribution in [2.75, 3.05) is 28.7 Å². The maximum absolute atomic E-state index is 12.8.